The molecule has 1 saturated heterocycles. The zero-order valence-electron chi connectivity index (χ0n) is 16.6. The number of nitrogens with zero attached hydrogens (tertiary/aromatic N) is 1. The number of sulfonamides is 1. The van der Waals surface area contributed by atoms with E-state index in [1.54, 1.807) is 0 Å². The number of aliphatic carboxylic acids is 1. The summed E-state index contributed by atoms with van der Waals surface area (Å²) in [5, 5.41) is 9.87. The van der Waals surface area contributed by atoms with Gasteiger partial charge < -0.3 is 9.84 Å². The maximum Gasteiger partial charge on any atom is 0.325 e. The Morgan fingerprint density at radius 2 is 2.00 bits per heavy atom. The molecule has 0 aliphatic carbocycles. The molecule has 0 aromatic heterocycles. The molecule has 1 aliphatic heterocycles. The molecule has 2 atom stereocenters. The summed E-state index contributed by atoms with van der Waals surface area (Å²) < 4.78 is 45.9. The second-order valence-corrected chi connectivity index (χ2v) is 9.68. The molecule has 0 bridgehead atoms. The van der Waals surface area contributed by atoms with Gasteiger partial charge in [0, 0.05) is 12.1 Å². The van der Waals surface area contributed by atoms with E-state index in [4.69, 9.17) is 27.1 Å². The number of ether oxygens (including phenoxy) is 1. The van der Waals surface area contributed by atoms with Gasteiger partial charge in [-0.2, -0.15) is 4.31 Å². The fourth-order valence-electron chi connectivity index (χ4n) is 3.57. The van der Waals surface area contributed by atoms with E-state index in [-0.39, 0.29) is 23.1 Å². The van der Waals surface area contributed by atoms with E-state index >= 15 is 0 Å². The maximum atomic E-state index is 13.1. The van der Waals surface area contributed by atoms with E-state index in [9.17, 15) is 22.7 Å². The number of piperidine rings is 1. The molecule has 8 nitrogen and oxygen atoms in total. The first kappa shape index (κ1) is 23.4. The zero-order valence-corrected chi connectivity index (χ0v) is 18.2. The van der Waals surface area contributed by atoms with Crippen LogP contribution in [0.5, 0.6) is 5.75 Å². The van der Waals surface area contributed by atoms with E-state index in [2.05, 4.69) is 0 Å². The van der Waals surface area contributed by atoms with E-state index in [1.165, 1.54) is 49.4 Å². The van der Waals surface area contributed by atoms with Crippen LogP contribution in [0.25, 0.3) is 0 Å². The van der Waals surface area contributed by atoms with E-state index in [1.807, 2.05) is 0 Å². The summed E-state index contributed by atoms with van der Waals surface area (Å²) in [6.45, 7) is 1.56. The van der Waals surface area contributed by atoms with Crippen LogP contribution in [0.4, 0.5) is 4.39 Å². The molecule has 0 spiro atoms. The van der Waals surface area contributed by atoms with E-state index in [0.29, 0.717) is 24.2 Å². The first-order chi connectivity index (χ1) is 14.6. The average Bonchev–Trinajstić information content (AvgIpc) is 2.73. The zero-order chi connectivity index (χ0) is 22.8. The van der Waals surface area contributed by atoms with Crippen molar-refractivity contribution in [1.82, 2.24) is 4.31 Å². The highest BCUT2D eigenvalue weighted by atomic mass is 35.5. The summed E-state index contributed by atoms with van der Waals surface area (Å²) in [5.74, 6) is 3.86. The standard InChI is InChI=1S/C20H22ClFN2O6S/c1-20(30-23)9-2-10-24(18(20)19(25)26)31(27,28)16-7-5-15(6-8-16)29-12-13-3-4-14(22)11-17(13)21/h3-8,11,18H,2,9-10,12,23H2,1H3,(H,25,26)/t18-,20+/m0/s1. The molecule has 1 heterocycles. The van der Waals surface area contributed by atoms with Crippen molar-refractivity contribution in [3.63, 3.8) is 0 Å². The number of carbonyl (C=O) groups is 1. The molecule has 0 radical (unpaired) electrons. The van der Waals surface area contributed by atoms with Crippen LogP contribution in [0.3, 0.4) is 0 Å². The van der Waals surface area contributed by atoms with Crippen molar-refractivity contribution in [2.75, 3.05) is 6.54 Å². The van der Waals surface area contributed by atoms with Crippen LogP contribution in [0.2, 0.25) is 5.02 Å². The lowest BCUT2D eigenvalue weighted by Gasteiger charge is -2.43. The largest absolute Gasteiger partial charge is 0.489 e. The first-order valence-corrected chi connectivity index (χ1v) is 11.2. The van der Waals surface area contributed by atoms with Gasteiger partial charge in [0.1, 0.15) is 23.8 Å². The lowest BCUT2D eigenvalue weighted by molar-refractivity contribution is -0.161. The fraction of sp³-hybridized carbons (Fsp3) is 0.350. The van der Waals surface area contributed by atoms with Crippen molar-refractivity contribution < 1.29 is 32.3 Å². The summed E-state index contributed by atoms with van der Waals surface area (Å²) in [5.41, 5.74) is -0.785. The SMILES string of the molecule is C[C@@]1(ON)CCCN(S(=O)(=O)c2ccc(OCc3ccc(F)cc3Cl)cc2)[C@H]1C(=O)O. The second kappa shape index (κ2) is 9.09. The minimum Gasteiger partial charge on any atom is -0.489 e. The van der Waals surface area contributed by atoms with Crippen LogP contribution in [0, 0.1) is 5.82 Å². The van der Waals surface area contributed by atoms with Crippen LogP contribution >= 0.6 is 11.6 Å². The molecule has 1 aliphatic rings. The minimum atomic E-state index is -4.13. The van der Waals surface area contributed by atoms with Gasteiger partial charge in [-0.3, -0.25) is 9.63 Å². The Labute approximate surface area is 184 Å². The molecule has 11 heteroatoms. The van der Waals surface area contributed by atoms with Crippen LogP contribution in [-0.2, 0) is 26.3 Å². The molecule has 3 rings (SSSR count). The molecule has 0 saturated carbocycles. The Hall–Kier alpha value is -2.24. The minimum absolute atomic E-state index is 0.0273. The number of rotatable bonds is 7. The third kappa shape index (κ3) is 4.83. The quantitative estimate of drug-likeness (QED) is 0.594. The molecule has 2 aromatic rings. The smallest absolute Gasteiger partial charge is 0.325 e. The number of nitrogens with two attached hydrogens (primary N) is 1. The van der Waals surface area contributed by atoms with Crippen LogP contribution < -0.4 is 10.6 Å². The van der Waals surface area contributed by atoms with Gasteiger partial charge in [0.05, 0.1) is 9.92 Å². The molecular weight excluding hydrogens is 451 g/mol. The van der Waals surface area contributed by atoms with Crippen LogP contribution in [0.15, 0.2) is 47.4 Å². The Morgan fingerprint density at radius 3 is 2.58 bits per heavy atom. The first-order valence-electron chi connectivity index (χ1n) is 9.38. The molecule has 1 fully saturated rings. The van der Waals surface area contributed by atoms with Crippen LogP contribution in [0.1, 0.15) is 25.3 Å². The Bertz CT molecular complexity index is 1070. The van der Waals surface area contributed by atoms with Gasteiger partial charge in [0.15, 0.2) is 6.04 Å². The summed E-state index contributed by atoms with van der Waals surface area (Å²) in [6, 6.07) is 8.01. The second-order valence-electron chi connectivity index (χ2n) is 7.39. The molecule has 0 amide bonds. The van der Waals surface area contributed by atoms with Gasteiger partial charge in [-0.05, 0) is 56.2 Å². The van der Waals surface area contributed by atoms with Gasteiger partial charge >= 0.3 is 5.97 Å². The molecule has 31 heavy (non-hydrogen) atoms. The Balaban J connectivity index is 1.79. The number of hydrogen-bond acceptors (Lipinski definition) is 6. The number of hydrogen-bond donors (Lipinski definition) is 2. The molecule has 2 aromatic carbocycles. The number of carboxylic acid groups (broad SMARTS) is 1. The fourth-order valence-corrected chi connectivity index (χ4v) is 5.50. The predicted octanol–water partition coefficient (Wildman–Crippen LogP) is 2.94. The molecule has 3 N–H and O–H groups in total. The Kier molecular flexibility index (Phi) is 6.87. The van der Waals surface area contributed by atoms with Crippen molar-refractivity contribution in [3.05, 3.63) is 58.9 Å². The van der Waals surface area contributed by atoms with Gasteiger partial charge in [-0.1, -0.05) is 17.7 Å². The lowest BCUT2D eigenvalue weighted by atomic mass is 9.87. The Morgan fingerprint density at radius 1 is 1.32 bits per heavy atom. The summed E-state index contributed by atoms with van der Waals surface area (Å²) >= 11 is 5.97. The summed E-state index contributed by atoms with van der Waals surface area (Å²) in [4.78, 5) is 16.6. The topological polar surface area (TPSA) is 119 Å². The van der Waals surface area contributed by atoms with Crippen LogP contribution in [-0.4, -0.2) is 42.0 Å². The van der Waals surface area contributed by atoms with Crippen molar-refractivity contribution in [2.45, 2.75) is 42.9 Å². The van der Waals surface area contributed by atoms with Gasteiger partial charge in [-0.25, -0.2) is 18.7 Å². The van der Waals surface area contributed by atoms with Gasteiger partial charge in [-0.15, -0.1) is 0 Å². The third-order valence-electron chi connectivity index (χ3n) is 5.26. The van der Waals surface area contributed by atoms with Gasteiger partial charge in [0.2, 0.25) is 10.0 Å². The highest BCUT2D eigenvalue weighted by Gasteiger charge is 2.51. The van der Waals surface area contributed by atoms with Crippen molar-refractivity contribution in [3.8, 4) is 5.75 Å². The molecule has 168 valence electrons. The van der Waals surface area contributed by atoms with E-state index in [0.717, 1.165) is 4.31 Å². The molecular formula is C20H22ClFN2O6S. The highest BCUT2D eigenvalue weighted by molar-refractivity contribution is 7.89. The van der Waals surface area contributed by atoms with Gasteiger partial charge in [0.25, 0.3) is 0 Å². The van der Waals surface area contributed by atoms with Crippen molar-refractivity contribution >= 4 is 27.6 Å². The predicted molar refractivity (Wildman–Crippen MR) is 110 cm³/mol. The van der Waals surface area contributed by atoms with E-state index < -0.39 is 33.5 Å². The normalized spacial score (nSPS) is 22.3. The summed E-state index contributed by atoms with van der Waals surface area (Å²) in [6.07, 6.45) is 0.710. The number of carboxylic acids is 1. The van der Waals surface area contributed by atoms with Crippen molar-refractivity contribution in [1.29, 1.82) is 0 Å². The monoisotopic (exact) mass is 472 g/mol. The average molecular weight is 473 g/mol. The highest BCUT2D eigenvalue weighted by Crippen LogP contribution is 2.34. The number of halogens is 2. The third-order valence-corrected chi connectivity index (χ3v) is 7.49. The summed E-state index contributed by atoms with van der Waals surface area (Å²) in [7, 11) is -4.13. The lowest BCUT2D eigenvalue weighted by Crippen LogP contribution is -2.62. The maximum absolute atomic E-state index is 13.1. The molecule has 0 unspecified atom stereocenters. The van der Waals surface area contributed by atoms with Crippen molar-refractivity contribution in [2.24, 2.45) is 5.90 Å². The number of benzene rings is 2.